The molecule has 7 nitrogen and oxygen atoms in total. The third-order valence-corrected chi connectivity index (χ3v) is 6.44. The zero-order valence-electron chi connectivity index (χ0n) is 17.5. The van der Waals surface area contributed by atoms with E-state index in [9.17, 15) is 18.8 Å². The van der Waals surface area contributed by atoms with Gasteiger partial charge in [-0.25, -0.2) is 9.07 Å². The highest BCUT2D eigenvalue weighted by Gasteiger charge is 2.41. The number of hydrogen-bond acceptors (Lipinski definition) is 4. The minimum atomic E-state index is -0.714. The molecule has 8 heteroatoms. The lowest BCUT2D eigenvalue weighted by Gasteiger charge is -2.34. The summed E-state index contributed by atoms with van der Waals surface area (Å²) in [7, 11) is 0. The number of amides is 1. The molecule has 1 aromatic heterocycles. The third-order valence-electron chi connectivity index (χ3n) is 6.44. The first-order valence-electron chi connectivity index (χ1n) is 10.8. The van der Waals surface area contributed by atoms with E-state index in [2.05, 4.69) is 5.10 Å². The first kappa shape index (κ1) is 20.4. The van der Waals surface area contributed by atoms with Gasteiger partial charge in [0.15, 0.2) is 0 Å². The van der Waals surface area contributed by atoms with Gasteiger partial charge in [0.1, 0.15) is 11.6 Å². The molecule has 1 fully saturated rings. The molecule has 0 unspecified atom stereocenters. The second-order valence-corrected chi connectivity index (χ2v) is 8.52. The fourth-order valence-electron chi connectivity index (χ4n) is 4.77. The van der Waals surface area contributed by atoms with Gasteiger partial charge < -0.3 is 4.90 Å². The average molecular weight is 434 g/mol. The molecule has 1 amide bonds. The van der Waals surface area contributed by atoms with Gasteiger partial charge in [-0.15, -0.1) is 0 Å². The third kappa shape index (κ3) is 3.77. The largest absolute Gasteiger partial charge is 0.342 e. The van der Waals surface area contributed by atoms with E-state index in [1.165, 1.54) is 16.7 Å². The summed E-state index contributed by atoms with van der Waals surface area (Å²) in [6.07, 6.45) is 1.09. The summed E-state index contributed by atoms with van der Waals surface area (Å²) in [6, 6.07) is 15.5. The van der Waals surface area contributed by atoms with Crippen LogP contribution in [-0.2, 0) is 24.3 Å². The number of rotatable bonds is 4. The molecule has 5 rings (SSSR count). The minimum absolute atomic E-state index is 0.0215. The zero-order valence-corrected chi connectivity index (χ0v) is 17.5. The van der Waals surface area contributed by atoms with Gasteiger partial charge in [0.05, 0.1) is 13.0 Å². The fraction of sp³-hybridized carbons (Fsp3) is 0.333. The summed E-state index contributed by atoms with van der Waals surface area (Å²) in [5.41, 5.74) is 0.197. The average Bonchev–Trinajstić information content (AvgIpc) is 3.16. The van der Waals surface area contributed by atoms with E-state index in [4.69, 9.17) is 0 Å². The van der Waals surface area contributed by atoms with Crippen LogP contribution >= 0.6 is 0 Å². The quantitative estimate of drug-likeness (QED) is 0.587. The van der Waals surface area contributed by atoms with Crippen LogP contribution in [0.3, 0.4) is 0 Å². The SMILES string of the molecule is O=C(Cc1ccccc1)N1CC[C@H]2Cn3c(nn(Cc4cccc(F)c4)c(=O)c3=O)[C@@H]2C1. The number of aromatic nitrogens is 3. The topological polar surface area (TPSA) is 77.2 Å². The standard InChI is InChI=1S/C24H23FN4O3/c25-19-8-4-7-17(11-19)13-29-24(32)23(31)28-14-18-9-10-27(15-20(18)22(28)26-29)21(30)12-16-5-2-1-3-6-16/h1-8,11,18,20H,9-10,12-15H2/t18-,20+/m0/s1. The molecule has 0 radical (unpaired) electrons. The molecule has 164 valence electrons. The van der Waals surface area contributed by atoms with Crippen molar-refractivity contribution in [2.24, 2.45) is 5.92 Å². The molecule has 0 N–H and O–H groups in total. The van der Waals surface area contributed by atoms with Crippen LogP contribution in [0.15, 0.2) is 64.2 Å². The van der Waals surface area contributed by atoms with Crippen molar-refractivity contribution < 1.29 is 9.18 Å². The summed E-state index contributed by atoms with van der Waals surface area (Å²) in [5, 5.41) is 4.51. The fourth-order valence-corrected chi connectivity index (χ4v) is 4.77. The van der Waals surface area contributed by atoms with Crippen LogP contribution in [0.4, 0.5) is 4.39 Å². The number of likely N-dealkylation sites (tertiary alicyclic amines) is 1. The van der Waals surface area contributed by atoms with Crippen molar-refractivity contribution in [2.75, 3.05) is 13.1 Å². The van der Waals surface area contributed by atoms with Crippen LogP contribution in [0.5, 0.6) is 0 Å². The van der Waals surface area contributed by atoms with Crippen LogP contribution < -0.4 is 11.1 Å². The summed E-state index contributed by atoms with van der Waals surface area (Å²) < 4.78 is 16.1. The first-order valence-corrected chi connectivity index (χ1v) is 10.8. The number of fused-ring (bicyclic) bond motifs is 3. The van der Waals surface area contributed by atoms with Gasteiger partial charge in [0.25, 0.3) is 0 Å². The zero-order chi connectivity index (χ0) is 22.2. The molecule has 0 saturated carbocycles. The van der Waals surface area contributed by atoms with Gasteiger partial charge in [0, 0.05) is 25.6 Å². The second kappa shape index (κ2) is 8.18. The van der Waals surface area contributed by atoms with Crippen LogP contribution in [0.1, 0.15) is 29.3 Å². The van der Waals surface area contributed by atoms with E-state index >= 15 is 0 Å². The van der Waals surface area contributed by atoms with Crippen LogP contribution in [-0.4, -0.2) is 38.2 Å². The maximum absolute atomic E-state index is 13.6. The van der Waals surface area contributed by atoms with Crippen molar-refractivity contribution in [3.63, 3.8) is 0 Å². The number of piperidine rings is 1. The van der Waals surface area contributed by atoms with Gasteiger partial charge >= 0.3 is 11.1 Å². The number of nitrogens with zero attached hydrogens (tertiary/aromatic N) is 4. The second-order valence-electron chi connectivity index (χ2n) is 8.52. The molecule has 3 heterocycles. The molecule has 32 heavy (non-hydrogen) atoms. The Kier molecular flexibility index (Phi) is 5.20. The Hall–Kier alpha value is -3.55. The smallest absolute Gasteiger partial charge is 0.332 e. The molecule has 0 bridgehead atoms. The highest BCUT2D eigenvalue weighted by molar-refractivity contribution is 5.79. The molecule has 0 spiro atoms. The Morgan fingerprint density at radius 1 is 1.00 bits per heavy atom. The number of benzene rings is 2. The van der Waals surface area contributed by atoms with Gasteiger partial charge in [0.2, 0.25) is 5.91 Å². The van der Waals surface area contributed by atoms with Gasteiger partial charge in [-0.3, -0.25) is 19.0 Å². The molecule has 3 aromatic rings. The van der Waals surface area contributed by atoms with E-state index in [1.807, 2.05) is 35.2 Å². The number of carbonyl (C=O) groups is 1. The monoisotopic (exact) mass is 434 g/mol. The molecule has 2 aliphatic heterocycles. The van der Waals surface area contributed by atoms with Crippen molar-refractivity contribution in [2.45, 2.75) is 31.8 Å². The van der Waals surface area contributed by atoms with E-state index in [0.29, 0.717) is 37.4 Å². The Morgan fingerprint density at radius 3 is 2.56 bits per heavy atom. The summed E-state index contributed by atoms with van der Waals surface area (Å²) in [5.74, 6) is 0.237. The van der Waals surface area contributed by atoms with Crippen molar-refractivity contribution >= 4 is 5.91 Å². The van der Waals surface area contributed by atoms with E-state index in [1.54, 1.807) is 12.1 Å². The molecule has 0 aliphatic carbocycles. The summed E-state index contributed by atoms with van der Waals surface area (Å²) in [6.45, 7) is 1.57. The Labute approximate surface area is 183 Å². The molecule has 2 atom stereocenters. The van der Waals surface area contributed by atoms with Crippen molar-refractivity contribution in [1.82, 2.24) is 19.2 Å². The maximum Gasteiger partial charge on any atom is 0.332 e. The first-order chi connectivity index (χ1) is 15.5. The van der Waals surface area contributed by atoms with Gasteiger partial charge in [-0.2, -0.15) is 5.10 Å². The predicted molar refractivity (Wildman–Crippen MR) is 116 cm³/mol. The van der Waals surface area contributed by atoms with Crippen molar-refractivity contribution in [1.29, 1.82) is 0 Å². The van der Waals surface area contributed by atoms with Crippen LogP contribution in [0.2, 0.25) is 0 Å². The molecule has 1 saturated heterocycles. The lowest BCUT2D eigenvalue weighted by Crippen LogP contribution is -2.44. The highest BCUT2D eigenvalue weighted by Crippen LogP contribution is 2.37. The molecular formula is C24H23FN4O3. The predicted octanol–water partition coefficient (Wildman–Crippen LogP) is 1.78. The van der Waals surface area contributed by atoms with Crippen molar-refractivity contribution in [3.05, 3.63) is 98.1 Å². The Morgan fingerprint density at radius 2 is 1.78 bits per heavy atom. The van der Waals surface area contributed by atoms with E-state index in [-0.39, 0.29) is 24.3 Å². The van der Waals surface area contributed by atoms with E-state index in [0.717, 1.165) is 16.7 Å². The molecule has 2 aliphatic rings. The van der Waals surface area contributed by atoms with Crippen LogP contribution in [0.25, 0.3) is 0 Å². The van der Waals surface area contributed by atoms with Gasteiger partial charge in [-0.05, 0) is 35.6 Å². The summed E-state index contributed by atoms with van der Waals surface area (Å²) in [4.78, 5) is 40.1. The molecular weight excluding hydrogens is 411 g/mol. The highest BCUT2D eigenvalue weighted by atomic mass is 19.1. The lowest BCUT2D eigenvalue weighted by molar-refractivity contribution is -0.132. The maximum atomic E-state index is 13.6. The van der Waals surface area contributed by atoms with Gasteiger partial charge in [-0.1, -0.05) is 42.5 Å². The lowest BCUT2D eigenvalue weighted by atomic mass is 9.87. The Bertz CT molecular complexity index is 1280. The number of hydrogen-bond donors (Lipinski definition) is 0. The number of halogens is 1. The minimum Gasteiger partial charge on any atom is -0.342 e. The molecule has 2 aromatic carbocycles. The summed E-state index contributed by atoms with van der Waals surface area (Å²) >= 11 is 0. The van der Waals surface area contributed by atoms with Crippen molar-refractivity contribution in [3.8, 4) is 0 Å². The normalized spacial score (nSPS) is 19.5. The number of carbonyl (C=O) groups excluding carboxylic acids is 1. The van der Waals surface area contributed by atoms with E-state index < -0.39 is 16.9 Å². The van der Waals surface area contributed by atoms with Crippen LogP contribution in [0, 0.1) is 11.7 Å². The Balaban J connectivity index is 1.41.